The first-order chi connectivity index (χ1) is 14.9. The number of carbonyl (C=O) groups is 2. The second-order valence-electron chi connectivity index (χ2n) is 7.18. The SMILES string of the molecule is COc1ccc(OC)c(CNC(=O)CC2C(=O)NCCN2Cc2ccc(F)c(F)c2)c1. The lowest BCUT2D eigenvalue weighted by Crippen LogP contribution is -2.56. The van der Waals surface area contributed by atoms with E-state index in [0.717, 1.165) is 17.7 Å². The van der Waals surface area contributed by atoms with Crippen molar-refractivity contribution in [1.29, 1.82) is 0 Å². The molecular weight excluding hydrogens is 408 g/mol. The molecule has 0 spiro atoms. The highest BCUT2D eigenvalue weighted by atomic mass is 19.2. The number of nitrogens with one attached hydrogen (secondary N) is 2. The third-order valence-electron chi connectivity index (χ3n) is 5.15. The topological polar surface area (TPSA) is 79.9 Å². The van der Waals surface area contributed by atoms with Crippen LogP contribution < -0.4 is 20.1 Å². The number of hydrogen-bond donors (Lipinski definition) is 2. The van der Waals surface area contributed by atoms with Gasteiger partial charge in [0.25, 0.3) is 0 Å². The summed E-state index contributed by atoms with van der Waals surface area (Å²) in [4.78, 5) is 26.8. The van der Waals surface area contributed by atoms with Crippen LogP contribution in [0.15, 0.2) is 36.4 Å². The molecule has 2 amide bonds. The van der Waals surface area contributed by atoms with Gasteiger partial charge in [0.1, 0.15) is 11.5 Å². The zero-order valence-corrected chi connectivity index (χ0v) is 17.4. The van der Waals surface area contributed by atoms with E-state index < -0.39 is 17.7 Å². The summed E-state index contributed by atoms with van der Waals surface area (Å²) >= 11 is 0. The number of hydrogen-bond acceptors (Lipinski definition) is 5. The van der Waals surface area contributed by atoms with Crippen molar-refractivity contribution in [1.82, 2.24) is 15.5 Å². The van der Waals surface area contributed by atoms with Gasteiger partial charge < -0.3 is 20.1 Å². The highest BCUT2D eigenvalue weighted by molar-refractivity contribution is 5.88. The smallest absolute Gasteiger partial charge is 0.237 e. The van der Waals surface area contributed by atoms with E-state index in [1.54, 1.807) is 30.2 Å². The Hall–Kier alpha value is -3.20. The van der Waals surface area contributed by atoms with Crippen molar-refractivity contribution in [2.45, 2.75) is 25.6 Å². The minimum absolute atomic E-state index is 0.0677. The van der Waals surface area contributed by atoms with Crippen LogP contribution in [0.5, 0.6) is 11.5 Å². The van der Waals surface area contributed by atoms with Crippen LogP contribution in [0.3, 0.4) is 0 Å². The first-order valence-corrected chi connectivity index (χ1v) is 9.84. The Kier molecular flexibility index (Phi) is 7.41. The summed E-state index contributed by atoms with van der Waals surface area (Å²) in [7, 11) is 3.09. The molecule has 1 aliphatic rings. The lowest BCUT2D eigenvalue weighted by atomic mass is 10.1. The number of benzene rings is 2. The maximum atomic E-state index is 13.5. The van der Waals surface area contributed by atoms with Gasteiger partial charge in [-0.3, -0.25) is 14.5 Å². The van der Waals surface area contributed by atoms with Gasteiger partial charge in [-0.1, -0.05) is 6.07 Å². The van der Waals surface area contributed by atoms with Gasteiger partial charge in [0.2, 0.25) is 11.8 Å². The zero-order chi connectivity index (χ0) is 22.4. The molecule has 1 atom stereocenters. The molecule has 3 rings (SSSR count). The van der Waals surface area contributed by atoms with E-state index in [-0.39, 0.29) is 31.3 Å². The Morgan fingerprint density at radius 2 is 1.97 bits per heavy atom. The van der Waals surface area contributed by atoms with Gasteiger partial charge in [-0.15, -0.1) is 0 Å². The highest BCUT2D eigenvalue weighted by Crippen LogP contribution is 2.24. The Balaban J connectivity index is 1.65. The Labute approximate surface area is 179 Å². The van der Waals surface area contributed by atoms with Crippen LogP contribution in [-0.2, 0) is 22.7 Å². The van der Waals surface area contributed by atoms with Gasteiger partial charge >= 0.3 is 0 Å². The fraction of sp³-hybridized carbons (Fsp3) is 0.364. The van der Waals surface area contributed by atoms with Crippen molar-refractivity contribution in [3.8, 4) is 11.5 Å². The van der Waals surface area contributed by atoms with Gasteiger partial charge in [0, 0.05) is 31.7 Å². The van der Waals surface area contributed by atoms with Crippen molar-refractivity contribution in [3.63, 3.8) is 0 Å². The molecule has 1 aliphatic heterocycles. The summed E-state index contributed by atoms with van der Waals surface area (Å²) in [6.07, 6.45) is -0.0677. The van der Waals surface area contributed by atoms with Gasteiger partial charge in [0.05, 0.1) is 26.7 Å². The van der Waals surface area contributed by atoms with E-state index in [1.807, 2.05) is 0 Å². The van der Waals surface area contributed by atoms with Crippen LogP contribution in [-0.4, -0.2) is 50.1 Å². The molecule has 0 aromatic heterocycles. The van der Waals surface area contributed by atoms with Crippen molar-refractivity contribution in [2.75, 3.05) is 27.3 Å². The first kappa shape index (κ1) is 22.5. The third kappa shape index (κ3) is 5.69. The van der Waals surface area contributed by atoms with Gasteiger partial charge in [-0.2, -0.15) is 0 Å². The number of carbonyl (C=O) groups excluding carboxylic acids is 2. The molecule has 1 fully saturated rings. The van der Waals surface area contributed by atoms with E-state index in [9.17, 15) is 18.4 Å². The minimum Gasteiger partial charge on any atom is -0.497 e. The Bertz CT molecular complexity index is 954. The maximum absolute atomic E-state index is 13.5. The van der Waals surface area contributed by atoms with Crippen molar-refractivity contribution in [2.24, 2.45) is 0 Å². The second kappa shape index (κ2) is 10.2. The van der Waals surface area contributed by atoms with E-state index in [2.05, 4.69) is 10.6 Å². The number of nitrogens with zero attached hydrogens (tertiary/aromatic N) is 1. The van der Waals surface area contributed by atoms with Crippen LogP contribution in [0.25, 0.3) is 0 Å². The Morgan fingerprint density at radius 1 is 1.16 bits per heavy atom. The van der Waals surface area contributed by atoms with Crippen molar-refractivity contribution in [3.05, 3.63) is 59.2 Å². The molecular formula is C22H25F2N3O4. The predicted molar refractivity (Wildman–Crippen MR) is 110 cm³/mol. The summed E-state index contributed by atoms with van der Waals surface area (Å²) in [5.74, 6) is -1.22. The van der Waals surface area contributed by atoms with Gasteiger partial charge in [-0.05, 0) is 35.9 Å². The number of methoxy groups -OCH3 is 2. The maximum Gasteiger partial charge on any atom is 0.237 e. The average molecular weight is 433 g/mol. The normalized spacial score (nSPS) is 16.5. The molecule has 2 aromatic rings. The van der Waals surface area contributed by atoms with Crippen LogP contribution in [0.1, 0.15) is 17.5 Å². The zero-order valence-electron chi connectivity index (χ0n) is 17.4. The molecule has 2 aromatic carbocycles. The van der Waals surface area contributed by atoms with Crippen molar-refractivity contribution < 1.29 is 27.8 Å². The molecule has 7 nitrogen and oxygen atoms in total. The number of ether oxygens (including phenoxy) is 2. The predicted octanol–water partition coefficient (Wildman–Crippen LogP) is 1.99. The molecule has 1 saturated heterocycles. The fourth-order valence-corrected chi connectivity index (χ4v) is 3.51. The van der Waals surface area contributed by atoms with Gasteiger partial charge in [-0.25, -0.2) is 8.78 Å². The summed E-state index contributed by atoms with van der Waals surface area (Å²) in [5, 5.41) is 5.55. The molecule has 1 unspecified atom stereocenters. The van der Waals surface area contributed by atoms with Crippen molar-refractivity contribution >= 4 is 11.8 Å². The molecule has 0 saturated carbocycles. The number of amides is 2. The molecule has 2 N–H and O–H groups in total. The monoisotopic (exact) mass is 433 g/mol. The third-order valence-corrected chi connectivity index (χ3v) is 5.15. The number of halogens is 2. The average Bonchev–Trinajstić information content (AvgIpc) is 2.77. The van der Waals surface area contributed by atoms with E-state index in [1.165, 1.54) is 13.2 Å². The fourth-order valence-electron chi connectivity index (χ4n) is 3.51. The van der Waals surface area contributed by atoms with Crippen LogP contribution in [0, 0.1) is 11.6 Å². The number of rotatable bonds is 8. The van der Waals surface area contributed by atoms with Crippen LogP contribution >= 0.6 is 0 Å². The second-order valence-corrected chi connectivity index (χ2v) is 7.18. The summed E-state index contributed by atoms with van der Waals surface area (Å²) in [5.41, 5.74) is 1.27. The standard InChI is InChI=1S/C22H25F2N3O4/c1-30-16-4-6-20(31-2)15(10-16)12-26-21(28)11-19-22(29)25-7-8-27(19)13-14-3-5-17(23)18(24)9-14/h3-6,9-10,19H,7-8,11-13H2,1-2H3,(H,25,29)(H,26,28). The van der Waals surface area contributed by atoms with Crippen LogP contribution in [0.2, 0.25) is 0 Å². The summed E-state index contributed by atoms with van der Waals surface area (Å²) < 4.78 is 37.2. The largest absolute Gasteiger partial charge is 0.497 e. The molecule has 0 radical (unpaired) electrons. The van der Waals surface area contributed by atoms with Crippen LogP contribution in [0.4, 0.5) is 8.78 Å². The van der Waals surface area contributed by atoms with Gasteiger partial charge in [0.15, 0.2) is 11.6 Å². The molecule has 0 bridgehead atoms. The lowest BCUT2D eigenvalue weighted by molar-refractivity contribution is -0.134. The highest BCUT2D eigenvalue weighted by Gasteiger charge is 2.31. The summed E-state index contributed by atoms with van der Waals surface area (Å²) in [6, 6.07) is 8.19. The molecule has 0 aliphatic carbocycles. The lowest BCUT2D eigenvalue weighted by Gasteiger charge is -2.34. The van der Waals surface area contributed by atoms with E-state index in [4.69, 9.17) is 9.47 Å². The molecule has 166 valence electrons. The summed E-state index contributed by atoms with van der Waals surface area (Å²) in [6.45, 7) is 1.34. The minimum atomic E-state index is -0.944. The molecule has 31 heavy (non-hydrogen) atoms. The molecule has 1 heterocycles. The Morgan fingerprint density at radius 3 is 2.68 bits per heavy atom. The molecule has 9 heteroatoms. The first-order valence-electron chi connectivity index (χ1n) is 9.84. The number of piperazine rings is 1. The van der Waals surface area contributed by atoms with E-state index >= 15 is 0 Å². The van der Waals surface area contributed by atoms with E-state index in [0.29, 0.717) is 30.2 Å². The quantitative estimate of drug-likeness (QED) is 0.666.